The molecule has 0 amide bonds. The number of nitrogens with one attached hydrogen (secondary N) is 1. The summed E-state index contributed by atoms with van der Waals surface area (Å²) in [6, 6.07) is 12.4. The van der Waals surface area contributed by atoms with Crippen LogP contribution in [0.15, 0.2) is 47.2 Å². The van der Waals surface area contributed by atoms with E-state index in [1.165, 1.54) is 17.1 Å². The predicted octanol–water partition coefficient (Wildman–Crippen LogP) is 5.35. The number of aromatic nitrogens is 2. The maximum Gasteiger partial charge on any atom is 0.138 e. The molecule has 21 heavy (non-hydrogen) atoms. The second kappa shape index (κ2) is 6.00. The summed E-state index contributed by atoms with van der Waals surface area (Å²) >= 11 is 9.60. The normalized spacial score (nSPS) is 10.8. The lowest BCUT2D eigenvalue weighted by Crippen LogP contribution is -2.00. The van der Waals surface area contributed by atoms with Crippen molar-refractivity contribution in [2.24, 2.45) is 0 Å². The van der Waals surface area contributed by atoms with Gasteiger partial charge in [0.25, 0.3) is 0 Å². The Balaban J connectivity index is 1.98. The number of hydrogen-bond acceptors (Lipinski definition) is 3. The van der Waals surface area contributed by atoms with Gasteiger partial charge in [0.05, 0.1) is 0 Å². The first kappa shape index (κ1) is 14.3. The highest BCUT2D eigenvalue weighted by Gasteiger charge is 2.08. The van der Waals surface area contributed by atoms with Gasteiger partial charge < -0.3 is 5.32 Å². The highest BCUT2D eigenvalue weighted by Crippen LogP contribution is 2.27. The molecule has 3 rings (SSSR count). The van der Waals surface area contributed by atoms with Crippen LogP contribution < -0.4 is 5.32 Å². The van der Waals surface area contributed by atoms with Crippen LogP contribution in [0.3, 0.4) is 0 Å². The first-order valence-electron chi connectivity index (χ1n) is 6.63. The van der Waals surface area contributed by atoms with E-state index in [0.717, 1.165) is 28.0 Å². The van der Waals surface area contributed by atoms with Crippen LogP contribution in [0.2, 0.25) is 5.15 Å². The molecular formula is C16H13BrClN3. The Hall–Kier alpha value is -1.65. The quantitative estimate of drug-likeness (QED) is 0.638. The maximum absolute atomic E-state index is 6.11. The zero-order valence-corrected chi connectivity index (χ0v) is 13.7. The molecule has 3 aromatic rings. The van der Waals surface area contributed by atoms with Gasteiger partial charge in [-0.15, -0.1) is 0 Å². The summed E-state index contributed by atoms with van der Waals surface area (Å²) in [5, 5.41) is 6.18. The van der Waals surface area contributed by atoms with Crippen LogP contribution in [0.4, 0.5) is 11.5 Å². The molecule has 0 aliphatic carbocycles. The fourth-order valence-electron chi connectivity index (χ4n) is 2.24. The molecule has 2 aromatic carbocycles. The Morgan fingerprint density at radius 3 is 2.67 bits per heavy atom. The van der Waals surface area contributed by atoms with Crippen LogP contribution in [0.25, 0.3) is 10.8 Å². The molecule has 1 N–H and O–H groups in total. The van der Waals surface area contributed by atoms with Crippen LogP contribution in [-0.4, -0.2) is 9.97 Å². The zero-order chi connectivity index (χ0) is 14.8. The minimum atomic E-state index is 0.500. The standard InChI is InChI=1S/C16H13BrClN3/c1-2-14-15(18)19-9-20-16(14)21-13-6-4-10-7-12(17)5-3-11(10)8-13/h3-9H,2H2,1H3,(H,19,20,21). The number of fused-ring (bicyclic) bond motifs is 1. The van der Waals surface area contributed by atoms with E-state index in [2.05, 4.69) is 55.5 Å². The van der Waals surface area contributed by atoms with Gasteiger partial charge in [0.1, 0.15) is 17.3 Å². The third-order valence-corrected chi connectivity index (χ3v) is 4.13. The molecule has 106 valence electrons. The van der Waals surface area contributed by atoms with Gasteiger partial charge in [-0.2, -0.15) is 0 Å². The van der Waals surface area contributed by atoms with Gasteiger partial charge in [-0.3, -0.25) is 0 Å². The maximum atomic E-state index is 6.11. The van der Waals surface area contributed by atoms with E-state index in [4.69, 9.17) is 11.6 Å². The highest BCUT2D eigenvalue weighted by molar-refractivity contribution is 9.10. The number of halogens is 2. The lowest BCUT2D eigenvalue weighted by Gasteiger charge is -2.11. The fraction of sp³-hybridized carbons (Fsp3) is 0.125. The Kier molecular flexibility index (Phi) is 4.08. The molecule has 5 heteroatoms. The number of benzene rings is 2. The van der Waals surface area contributed by atoms with Crippen molar-refractivity contribution < 1.29 is 0 Å². The molecule has 0 fully saturated rings. The first-order valence-corrected chi connectivity index (χ1v) is 7.80. The van der Waals surface area contributed by atoms with Crippen molar-refractivity contribution in [1.29, 1.82) is 0 Å². The SMILES string of the molecule is CCc1c(Cl)ncnc1Nc1ccc2cc(Br)ccc2c1. The predicted molar refractivity (Wildman–Crippen MR) is 91.4 cm³/mol. The Labute approximate surface area is 136 Å². The van der Waals surface area contributed by atoms with E-state index in [0.29, 0.717) is 5.15 Å². The Bertz CT molecular complexity index is 805. The topological polar surface area (TPSA) is 37.8 Å². The Morgan fingerprint density at radius 1 is 1.10 bits per heavy atom. The van der Waals surface area contributed by atoms with Gasteiger partial charge in [0.15, 0.2) is 0 Å². The zero-order valence-electron chi connectivity index (χ0n) is 11.4. The molecule has 0 atom stereocenters. The smallest absolute Gasteiger partial charge is 0.138 e. The number of anilines is 2. The molecule has 0 radical (unpaired) electrons. The second-order valence-corrected chi connectivity index (χ2v) is 5.95. The number of rotatable bonds is 3. The molecular weight excluding hydrogens is 350 g/mol. The van der Waals surface area contributed by atoms with Gasteiger partial charge in [0.2, 0.25) is 0 Å². The Morgan fingerprint density at radius 2 is 1.86 bits per heavy atom. The van der Waals surface area contributed by atoms with Gasteiger partial charge in [-0.05, 0) is 41.5 Å². The van der Waals surface area contributed by atoms with E-state index in [9.17, 15) is 0 Å². The van der Waals surface area contributed by atoms with Gasteiger partial charge in [0, 0.05) is 15.7 Å². The summed E-state index contributed by atoms with van der Waals surface area (Å²) in [6.07, 6.45) is 2.25. The molecule has 0 aliphatic rings. The monoisotopic (exact) mass is 361 g/mol. The third kappa shape index (κ3) is 3.01. The summed E-state index contributed by atoms with van der Waals surface area (Å²) in [6.45, 7) is 2.04. The number of hydrogen-bond donors (Lipinski definition) is 1. The van der Waals surface area contributed by atoms with Crippen molar-refractivity contribution in [2.75, 3.05) is 5.32 Å². The van der Waals surface area contributed by atoms with Gasteiger partial charge >= 0.3 is 0 Å². The number of nitrogens with zero attached hydrogens (tertiary/aromatic N) is 2. The average Bonchev–Trinajstić information content (AvgIpc) is 2.48. The molecule has 0 saturated carbocycles. The molecule has 0 bridgehead atoms. The summed E-state index contributed by atoms with van der Waals surface area (Å²) < 4.78 is 1.08. The minimum absolute atomic E-state index is 0.500. The average molecular weight is 363 g/mol. The fourth-order valence-corrected chi connectivity index (χ4v) is 2.89. The summed E-state index contributed by atoms with van der Waals surface area (Å²) in [7, 11) is 0. The molecule has 3 nitrogen and oxygen atoms in total. The van der Waals surface area contributed by atoms with Crippen LogP contribution in [-0.2, 0) is 6.42 Å². The van der Waals surface area contributed by atoms with Crippen molar-refractivity contribution in [3.8, 4) is 0 Å². The first-order chi connectivity index (χ1) is 10.2. The van der Waals surface area contributed by atoms with Gasteiger partial charge in [-0.1, -0.05) is 46.6 Å². The van der Waals surface area contributed by atoms with Crippen LogP contribution in [0.1, 0.15) is 12.5 Å². The molecule has 0 saturated heterocycles. The molecule has 0 unspecified atom stereocenters. The van der Waals surface area contributed by atoms with E-state index < -0.39 is 0 Å². The van der Waals surface area contributed by atoms with E-state index in [-0.39, 0.29) is 0 Å². The van der Waals surface area contributed by atoms with Crippen molar-refractivity contribution in [3.63, 3.8) is 0 Å². The largest absolute Gasteiger partial charge is 0.340 e. The highest BCUT2D eigenvalue weighted by atomic mass is 79.9. The van der Waals surface area contributed by atoms with E-state index >= 15 is 0 Å². The van der Waals surface area contributed by atoms with E-state index in [1.54, 1.807) is 0 Å². The molecule has 0 aliphatic heterocycles. The lowest BCUT2D eigenvalue weighted by atomic mass is 10.1. The van der Waals surface area contributed by atoms with Crippen molar-refractivity contribution in [1.82, 2.24) is 9.97 Å². The van der Waals surface area contributed by atoms with Crippen LogP contribution in [0, 0.1) is 0 Å². The van der Waals surface area contributed by atoms with Crippen molar-refractivity contribution in [3.05, 3.63) is 57.9 Å². The van der Waals surface area contributed by atoms with E-state index in [1.807, 2.05) is 19.1 Å². The molecule has 1 aromatic heterocycles. The lowest BCUT2D eigenvalue weighted by molar-refractivity contribution is 1.05. The van der Waals surface area contributed by atoms with Crippen LogP contribution >= 0.6 is 27.5 Å². The minimum Gasteiger partial charge on any atom is -0.340 e. The van der Waals surface area contributed by atoms with Gasteiger partial charge in [-0.25, -0.2) is 9.97 Å². The third-order valence-electron chi connectivity index (χ3n) is 3.31. The molecule has 0 spiro atoms. The van der Waals surface area contributed by atoms with Crippen LogP contribution in [0.5, 0.6) is 0 Å². The summed E-state index contributed by atoms with van der Waals surface area (Å²) in [5.41, 5.74) is 1.91. The summed E-state index contributed by atoms with van der Waals surface area (Å²) in [5.74, 6) is 0.758. The molecule has 1 heterocycles. The van der Waals surface area contributed by atoms with Crippen molar-refractivity contribution >= 4 is 49.8 Å². The summed E-state index contributed by atoms with van der Waals surface area (Å²) in [4.78, 5) is 8.31. The van der Waals surface area contributed by atoms with Crippen molar-refractivity contribution in [2.45, 2.75) is 13.3 Å². The second-order valence-electron chi connectivity index (χ2n) is 4.68.